The minimum Gasteiger partial charge on any atom is -0.383 e. The second-order valence-corrected chi connectivity index (χ2v) is 6.83. The molecule has 7 nitrogen and oxygen atoms in total. The van der Waals surface area contributed by atoms with Gasteiger partial charge in [-0.1, -0.05) is 0 Å². The van der Waals surface area contributed by atoms with Crippen molar-refractivity contribution in [1.82, 2.24) is 14.8 Å². The van der Waals surface area contributed by atoms with E-state index in [1.165, 1.54) is 0 Å². The van der Waals surface area contributed by atoms with Crippen molar-refractivity contribution in [3.05, 3.63) is 23.9 Å². The fraction of sp³-hybridized carbons (Fsp3) is 0.611. The quantitative estimate of drug-likeness (QED) is 0.868. The highest BCUT2D eigenvalue weighted by atomic mass is 16.5. The molecule has 1 N–H and O–H groups in total. The van der Waals surface area contributed by atoms with E-state index < -0.39 is 5.41 Å². The average molecular weight is 346 g/mol. The van der Waals surface area contributed by atoms with Gasteiger partial charge >= 0.3 is 0 Å². The molecule has 7 heteroatoms. The van der Waals surface area contributed by atoms with Crippen LogP contribution < -0.4 is 5.32 Å². The highest BCUT2D eigenvalue weighted by Gasteiger charge is 2.49. The van der Waals surface area contributed by atoms with E-state index in [4.69, 9.17) is 4.74 Å². The van der Waals surface area contributed by atoms with Crippen LogP contribution in [-0.4, -0.2) is 73.5 Å². The van der Waals surface area contributed by atoms with Crippen LogP contribution in [-0.2, 0) is 9.53 Å². The molecule has 2 aliphatic rings. The summed E-state index contributed by atoms with van der Waals surface area (Å²) in [5.41, 5.74) is 0.191. The number of rotatable bonds is 5. The summed E-state index contributed by atoms with van der Waals surface area (Å²) in [6.07, 6.45) is 4.21. The molecule has 0 saturated carbocycles. The molecule has 3 rings (SSSR count). The van der Waals surface area contributed by atoms with E-state index in [1.807, 2.05) is 9.80 Å². The number of hydrogen-bond donors (Lipinski definition) is 1. The summed E-state index contributed by atoms with van der Waals surface area (Å²) < 4.78 is 5.11. The lowest BCUT2D eigenvalue weighted by molar-refractivity contribution is -0.146. The molecule has 2 aliphatic heterocycles. The lowest BCUT2D eigenvalue weighted by Gasteiger charge is -2.39. The molecule has 1 aromatic rings. The zero-order chi connectivity index (χ0) is 17.9. The van der Waals surface area contributed by atoms with E-state index in [2.05, 4.69) is 10.3 Å². The van der Waals surface area contributed by atoms with Crippen molar-refractivity contribution in [3.63, 3.8) is 0 Å². The van der Waals surface area contributed by atoms with Gasteiger partial charge in [-0.2, -0.15) is 0 Å². The van der Waals surface area contributed by atoms with Gasteiger partial charge in [-0.25, -0.2) is 4.98 Å². The number of amides is 2. The number of carbonyl (C=O) groups is 2. The van der Waals surface area contributed by atoms with E-state index in [1.54, 1.807) is 32.5 Å². The van der Waals surface area contributed by atoms with Crippen molar-refractivity contribution in [2.45, 2.75) is 19.3 Å². The molecular weight excluding hydrogens is 320 g/mol. The van der Waals surface area contributed by atoms with Crippen molar-refractivity contribution in [2.24, 2.45) is 5.41 Å². The minimum absolute atomic E-state index is 0.0300. The summed E-state index contributed by atoms with van der Waals surface area (Å²) in [6, 6.07) is 3.47. The van der Waals surface area contributed by atoms with E-state index in [9.17, 15) is 9.59 Å². The first-order valence-electron chi connectivity index (χ1n) is 8.81. The molecule has 2 saturated heterocycles. The largest absolute Gasteiger partial charge is 0.383 e. The SMILES string of the molecule is CNc1cc(C(=O)N2CCC3(CCCN(CCOC)C3=O)C2)ccn1. The molecule has 0 aromatic carbocycles. The third-order valence-corrected chi connectivity index (χ3v) is 5.29. The third-order valence-electron chi connectivity index (χ3n) is 5.29. The number of likely N-dealkylation sites (tertiary alicyclic amines) is 2. The summed E-state index contributed by atoms with van der Waals surface area (Å²) in [7, 11) is 3.42. The van der Waals surface area contributed by atoms with Gasteiger partial charge in [0.1, 0.15) is 5.82 Å². The number of piperidine rings is 1. The Morgan fingerprint density at radius 3 is 3.00 bits per heavy atom. The lowest BCUT2D eigenvalue weighted by Crippen LogP contribution is -2.51. The van der Waals surface area contributed by atoms with Crippen molar-refractivity contribution >= 4 is 17.6 Å². The van der Waals surface area contributed by atoms with Gasteiger partial charge in [0.05, 0.1) is 12.0 Å². The Balaban J connectivity index is 1.71. The van der Waals surface area contributed by atoms with Gasteiger partial charge < -0.3 is 19.9 Å². The van der Waals surface area contributed by atoms with Crippen LogP contribution in [0.25, 0.3) is 0 Å². The number of pyridine rings is 1. The van der Waals surface area contributed by atoms with Crippen LogP contribution in [0.15, 0.2) is 18.3 Å². The van der Waals surface area contributed by atoms with Crippen LogP contribution in [0.2, 0.25) is 0 Å². The van der Waals surface area contributed by atoms with Gasteiger partial charge in [0, 0.05) is 52.1 Å². The Morgan fingerprint density at radius 1 is 1.40 bits per heavy atom. The zero-order valence-electron chi connectivity index (χ0n) is 15.0. The normalized spacial score (nSPS) is 23.4. The molecule has 0 aliphatic carbocycles. The number of carbonyl (C=O) groups excluding carboxylic acids is 2. The second kappa shape index (κ2) is 7.39. The zero-order valence-corrected chi connectivity index (χ0v) is 15.0. The van der Waals surface area contributed by atoms with Crippen LogP contribution >= 0.6 is 0 Å². The summed E-state index contributed by atoms with van der Waals surface area (Å²) >= 11 is 0. The second-order valence-electron chi connectivity index (χ2n) is 6.83. The Bertz CT molecular complexity index is 651. The number of anilines is 1. The van der Waals surface area contributed by atoms with E-state index in [0.717, 1.165) is 25.8 Å². The smallest absolute Gasteiger partial charge is 0.254 e. The molecule has 1 aromatic heterocycles. The van der Waals surface area contributed by atoms with Crippen molar-refractivity contribution in [3.8, 4) is 0 Å². The Hall–Kier alpha value is -2.15. The standard InChI is InChI=1S/C18H26N4O3/c1-19-15-12-14(4-7-20-15)16(23)22-9-6-18(13-22)5-3-8-21(17(18)24)10-11-25-2/h4,7,12H,3,5-6,8-11,13H2,1-2H3,(H,19,20). The van der Waals surface area contributed by atoms with Gasteiger partial charge in [0.25, 0.3) is 5.91 Å². The maximum atomic E-state index is 13.0. The molecule has 2 amide bonds. The third kappa shape index (κ3) is 3.46. The van der Waals surface area contributed by atoms with Crippen molar-refractivity contribution in [1.29, 1.82) is 0 Å². The monoisotopic (exact) mass is 346 g/mol. The van der Waals surface area contributed by atoms with E-state index >= 15 is 0 Å². The Labute approximate surface area is 148 Å². The molecule has 1 unspecified atom stereocenters. The van der Waals surface area contributed by atoms with Crippen LogP contribution in [0, 0.1) is 5.41 Å². The molecule has 0 bridgehead atoms. The molecule has 136 valence electrons. The lowest BCUT2D eigenvalue weighted by atomic mass is 9.78. The van der Waals surface area contributed by atoms with E-state index in [0.29, 0.717) is 37.6 Å². The molecule has 25 heavy (non-hydrogen) atoms. The molecule has 2 fully saturated rings. The minimum atomic E-state index is -0.416. The number of nitrogens with zero attached hydrogens (tertiary/aromatic N) is 3. The molecule has 1 spiro atoms. The fourth-order valence-electron chi connectivity index (χ4n) is 3.87. The Kier molecular flexibility index (Phi) is 5.22. The van der Waals surface area contributed by atoms with Gasteiger partial charge in [-0.3, -0.25) is 9.59 Å². The Morgan fingerprint density at radius 2 is 2.24 bits per heavy atom. The van der Waals surface area contributed by atoms with Crippen LogP contribution in [0.4, 0.5) is 5.82 Å². The first-order valence-corrected chi connectivity index (χ1v) is 8.81. The van der Waals surface area contributed by atoms with Crippen LogP contribution in [0.5, 0.6) is 0 Å². The number of hydrogen-bond acceptors (Lipinski definition) is 5. The van der Waals surface area contributed by atoms with Gasteiger partial charge in [0.15, 0.2) is 0 Å². The molecule has 3 heterocycles. The predicted molar refractivity (Wildman–Crippen MR) is 94.4 cm³/mol. The van der Waals surface area contributed by atoms with Crippen LogP contribution in [0.1, 0.15) is 29.6 Å². The van der Waals surface area contributed by atoms with Crippen molar-refractivity contribution < 1.29 is 14.3 Å². The highest BCUT2D eigenvalue weighted by molar-refractivity contribution is 5.96. The van der Waals surface area contributed by atoms with Gasteiger partial charge in [0.2, 0.25) is 5.91 Å². The fourth-order valence-corrected chi connectivity index (χ4v) is 3.87. The van der Waals surface area contributed by atoms with Gasteiger partial charge in [-0.15, -0.1) is 0 Å². The summed E-state index contributed by atoms with van der Waals surface area (Å²) in [5.74, 6) is 0.813. The summed E-state index contributed by atoms with van der Waals surface area (Å²) in [6.45, 7) is 3.09. The number of nitrogens with one attached hydrogen (secondary N) is 1. The topological polar surface area (TPSA) is 74.8 Å². The number of ether oxygens (including phenoxy) is 1. The first-order chi connectivity index (χ1) is 12.1. The van der Waals surface area contributed by atoms with E-state index in [-0.39, 0.29) is 11.8 Å². The molecular formula is C18H26N4O3. The predicted octanol–water partition coefficient (Wildman–Crippen LogP) is 1.22. The maximum absolute atomic E-state index is 13.0. The van der Waals surface area contributed by atoms with Gasteiger partial charge in [-0.05, 0) is 31.4 Å². The summed E-state index contributed by atoms with van der Waals surface area (Å²) in [5, 5.41) is 2.95. The average Bonchev–Trinajstić information content (AvgIpc) is 3.07. The number of methoxy groups -OCH3 is 1. The van der Waals surface area contributed by atoms with Crippen molar-refractivity contribution in [2.75, 3.05) is 52.3 Å². The van der Waals surface area contributed by atoms with Crippen LogP contribution in [0.3, 0.4) is 0 Å². The number of aromatic nitrogens is 1. The highest BCUT2D eigenvalue weighted by Crippen LogP contribution is 2.40. The molecule has 0 radical (unpaired) electrons. The molecule has 1 atom stereocenters. The maximum Gasteiger partial charge on any atom is 0.254 e. The first kappa shape index (κ1) is 17.7. The summed E-state index contributed by atoms with van der Waals surface area (Å²) in [4.78, 5) is 33.7.